The van der Waals surface area contributed by atoms with Crippen LogP contribution in [0, 0.1) is 11.7 Å². The summed E-state index contributed by atoms with van der Waals surface area (Å²) in [6.45, 7) is -0.326. The third kappa shape index (κ3) is 4.74. The van der Waals surface area contributed by atoms with Gasteiger partial charge < -0.3 is 21.1 Å². The van der Waals surface area contributed by atoms with Gasteiger partial charge in [-0.25, -0.2) is 9.18 Å². The van der Waals surface area contributed by atoms with E-state index in [0.717, 1.165) is 6.07 Å². The fourth-order valence-electron chi connectivity index (χ4n) is 3.57. The van der Waals surface area contributed by atoms with E-state index in [0.29, 0.717) is 16.4 Å². The minimum atomic E-state index is -1.38. The first-order chi connectivity index (χ1) is 15.8. The van der Waals surface area contributed by atoms with Crippen molar-refractivity contribution in [1.82, 2.24) is 9.88 Å². The van der Waals surface area contributed by atoms with Gasteiger partial charge in [0.05, 0.1) is 11.4 Å². The van der Waals surface area contributed by atoms with Crippen molar-refractivity contribution in [1.29, 1.82) is 0 Å². The summed E-state index contributed by atoms with van der Waals surface area (Å²) >= 11 is 5.83. The lowest BCUT2D eigenvalue weighted by atomic mass is 10.1. The van der Waals surface area contributed by atoms with Crippen molar-refractivity contribution in [3.63, 3.8) is 0 Å². The van der Waals surface area contributed by atoms with E-state index in [1.54, 1.807) is 36.4 Å². The summed E-state index contributed by atoms with van der Waals surface area (Å²) in [6.07, 6.45) is 1.70. The molecule has 0 saturated heterocycles. The van der Waals surface area contributed by atoms with Crippen LogP contribution in [0.4, 0.5) is 20.6 Å². The molecule has 33 heavy (non-hydrogen) atoms. The predicted molar refractivity (Wildman–Crippen MR) is 122 cm³/mol. The number of carbonyl (C=O) groups is 2. The first-order valence-corrected chi connectivity index (χ1v) is 10.4. The molecule has 1 aliphatic rings. The number of urea groups is 1. The van der Waals surface area contributed by atoms with Crippen LogP contribution < -0.4 is 21.5 Å². The summed E-state index contributed by atoms with van der Waals surface area (Å²) in [7, 11) is 0. The lowest BCUT2D eigenvalue weighted by Gasteiger charge is -2.20. The van der Waals surface area contributed by atoms with Crippen LogP contribution in [-0.2, 0) is 4.79 Å². The third-order valence-corrected chi connectivity index (χ3v) is 5.72. The second-order valence-electron chi connectivity index (χ2n) is 7.67. The van der Waals surface area contributed by atoms with Gasteiger partial charge in [0.2, 0.25) is 0 Å². The second kappa shape index (κ2) is 9.05. The molecule has 1 aliphatic carbocycles. The van der Waals surface area contributed by atoms with E-state index in [9.17, 15) is 23.9 Å². The number of aliphatic hydroxyl groups excluding tert-OH is 1. The molecule has 1 fully saturated rings. The molecule has 0 bridgehead atoms. The number of nitrogens with zero attached hydrogens (tertiary/aromatic N) is 1. The molecule has 0 aliphatic heterocycles. The average Bonchev–Trinajstić information content (AvgIpc) is 3.51. The highest BCUT2D eigenvalue weighted by molar-refractivity contribution is 6.30. The van der Waals surface area contributed by atoms with Gasteiger partial charge in [0.15, 0.2) is 0 Å². The number of halogens is 2. The standard InChI is InChI=1S/C23H20ClFN4O4/c24-15-4-6-16(7-5-15)26-22(33)28-23(12-14(23)13-30)21(32)27-19-9-8-17(11-18(19)25)29-10-2-1-3-20(29)31/h1-11,14,30H,12-13H2,(H,27,32)(H2,26,28,33). The van der Waals surface area contributed by atoms with Crippen molar-refractivity contribution in [2.75, 3.05) is 17.2 Å². The molecule has 8 nitrogen and oxygen atoms in total. The Morgan fingerprint density at radius 1 is 1.12 bits per heavy atom. The molecule has 4 N–H and O–H groups in total. The van der Waals surface area contributed by atoms with E-state index in [2.05, 4.69) is 16.0 Å². The smallest absolute Gasteiger partial charge is 0.320 e. The SMILES string of the molecule is O=C(Nc1ccc(Cl)cc1)NC1(C(=O)Nc2ccc(-n3ccccc3=O)cc2F)CC1CO. The lowest BCUT2D eigenvalue weighted by molar-refractivity contribution is -0.119. The number of nitrogens with one attached hydrogen (secondary N) is 3. The average molecular weight is 471 g/mol. The topological polar surface area (TPSA) is 112 Å². The molecule has 2 aromatic carbocycles. The number of pyridine rings is 1. The van der Waals surface area contributed by atoms with Gasteiger partial charge in [-0.15, -0.1) is 0 Å². The summed E-state index contributed by atoms with van der Waals surface area (Å²) in [5.74, 6) is -1.92. The van der Waals surface area contributed by atoms with Gasteiger partial charge in [0.25, 0.3) is 11.5 Å². The molecule has 10 heteroatoms. The quantitative estimate of drug-likeness (QED) is 0.443. The van der Waals surface area contributed by atoms with Crippen LogP contribution in [0.5, 0.6) is 0 Å². The van der Waals surface area contributed by atoms with Gasteiger partial charge in [-0.05, 0) is 48.9 Å². The van der Waals surface area contributed by atoms with Crippen LogP contribution in [0.3, 0.4) is 0 Å². The number of hydrogen-bond donors (Lipinski definition) is 4. The summed E-state index contributed by atoms with van der Waals surface area (Å²) in [5, 5.41) is 17.7. The van der Waals surface area contributed by atoms with Crippen molar-refractivity contribution in [3.05, 3.63) is 88.1 Å². The van der Waals surface area contributed by atoms with Crippen molar-refractivity contribution >= 4 is 34.9 Å². The number of hydrogen-bond acceptors (Lipinski definition) is 4. The molecular weight excluding hydrogens is 451 g/mol. The normalized spacial score (nSPS) is 18.9. The Hall–Kier alpha value is -3.69. The Morgan fingerprint density at radius 3 is 2.52 bits per heavy atom. The van der Waals surface area contributed by atoms with Crippen LogP contribution in [0.15, 0.2) is 71.7 Å². The molecule has 2 unspecified atom stereocenters. The van der Waals surface area contributed by atoms with Gasteiger partial charge in [0.1, 0.15) is 11.4 Å². The van der Waals surface area contributed by atoms with Crippen molar-refractivity contribution in [2.45, 2.75) is 12.0 Å². The van der Waals surface area contributed by atoms with E-state index in [-0.39, 0.29) is 24.3 Å². The molecular formula is C23H20ClFN4O4. The maximum absolute atomic E-state index is 14.7. The van der Waals surface area contributed by atoms with E-state index >= 15 is 0 Å². The zero-order valence-corrected chi connectivity index (χ0v) is 18.0. The third-order valence-electron chi connectivity index (χ3n) is 5.47. The molecule has 4 rings (SSSR count). The van der Waals surface area contributed by atoms with Crippen LogP contribution >= 0.6 is 11.6 Å². The van der Waals surface area contributed by atoms with Gasteiger partial charge >= 0.3 is 6.03 Å². The Balaban J connectivity index is 1.48. The molecule has 0 radical (unpaired) electrons. The maximum Gasteiger partial charge on any atom is 0.320 e. The fourth-order valence-corrected chi connectivity index (χ4v) is 3.69. The first kappa shape index (κ1) is 22.5. The fraction of sp³-hybridized carbons (Fsp3) is 0.174. The van der Waals surface area contributed by atoms with Crippen molar-refractivity contribution < 1.29 is 19.1 Å². The van der Waals surface area contributed by atoms with E-state index in [1.165, 1.54) is 29.0 Å². The minimum absolute atomic E-state index is 0.115. The monoisotopic (exact) mass is 470 g/mol. The zero-order valence-electron chi connectivity index (χ0n) is 17.2. The maximum atomic E-state index is 14.7. The van der Waals surface area contributed by atoms with Gasteiger partial charge in [0, 0.05) is 41.6 Å². The predicted octanol–water partition coefficient (Wildman–Crippen LogP) is 3.14. The summed E-state index contributed by atoms with van der Waals surface area (Å²) < 4.78 is 16.0. The number of aromatic nitrogens is 1. The van der Waals surface area contributed by atoms with E-state index < -0.39 is 29.2 Å². The lowest BCUT2D eigenvalue weighted by Crippen LogP contribution is -2.49. The molecule has 170 valence electrons. The van der Waals surface area contributed by atoms with Gasteiger partial charge in [-0.1, -0.05) is 17.7 Å². The number of carbonyl (C=O) groups excluding carboxylic acids is 2. The Labute approximate surface area is 193 Å². The number of anilines is 2. The summed E-state index contributed by atoms with van der Waals surface area (Å²) in [5.41, 5.74) is -1.06. The Kier molecular flexibility index (Phi) is 6.17. The van der Waals surface area contributed by atoms with E-state index in [1.807, 2.05) is 0 Å². The first-order valence-electron chi connectivity index (χ1n) is 10.1. The molecule has 1 heterocycles. The summed E-state index contributed by atoms with van der Waals surface area (Å²) in [6, 6.07) is 14.3. The van der Waals surface area contributed by atoms with Crippen LogP contribution in [0.1, 0.15) is 6.42 Å². The molecule has 3 amide bonds. The van der Waals surface area contributed by atoms with Crippen LogP contribution in [-0.4, -0.2) is 33.8 Å². The molecule has 1 saturated carbocycles. The molecule has 0 spiro atoms. The molecule has 2 atom stereocenters. The number of benzene rings is 2. The highest BCUT2D eigenvalue weighted by Crippen LogP contribution is 2.44. The van der Waals surface area contributed by atoms with Crippen LogP contribution in [0.2, 0.25) is 5.02 Å². The second-order valence-corrected chi connectivity index (χ2v) is 8.10. The number of amides is 3. The summed E-state index contributed by atoms with van der Waals surface area (Å²) in [4.78, 5) is 37.4. The largest absolute Gasteiger partial charge is 0.396 e. The van der Waals surface area contributed by atoms with Crippen molar-refractivity contribution in [2.24, 2.45) is 5.92 Å². The minimum Gasteiger partial charge on any atom is -0.396 e. The Bertz CT molecular complexity index is 1260. The van der Waals surface area contributed by atoms with Gasteiger partial charge in [-0.3, -0.25) is 14.2 Å². The highest BCUT2D eigenvalue weighted by Gasteiger charge is 2.61. The zero-order chi connectivity index (χ0) is 23.6. The number of rotatable bonds is 6. The Morgan fingerprint density at radius 2 is 1.88 bits per heavy atom. The highest BCUT2D eigenvalue weighted by atomic mass is 35.5. The van der Waals surface area contributed by atoms with Gasteiger partial charge in [-0.2, -0.15) is 0 Å². The molecule has 3 aromatic rings. The molecule has 1 aromatic heterocycles. The van der Waals surface area contributed by atoms with Crippen molar-refractivity contribution in [3.8, 4) is 5.69 Å². The van der Waals surface area contributed by atoms with Crippen LogP contribution in [0.25, 0.3) is 5.69 Å². The number of aliphatic hydroxyl groups is 1. The van der Waals surface area contributed by atoms with E-state index in [4.69, 9.17) is 11.6 Å².